The van der Waals surface area contributed by atoms with Crippen LogP contribution >= 0.6 is 0 Å². The summed E-state index contributed by atoms with van der Waals surface area (Å²) in [5.74, 6) is 2.47. The van der Waals surface area contributed by atoms with E-state index < -0.39 is 20.0 Å². The molecule has 0 amide bonds. The van der Waals surface area contributed by atoms with Gasteiger partial charge in [-0.2, -0.15) is 8.61 Å². The molecule has 16 nitrogen and oxygen atoms in total. The fraction of sp³-hybridized carbons (Fsp3) is 0.263. The van der Waals surface area contributed by atoms with Gasteiger partial charge in [0.05, 0.1) is 16.3 Å². The van der Waals surface area contributed by atoms with Crippen LogP contribution in [0.4, 0.5) is 0 Å². The zero-order valence-corrected chi connectivity index (χ0v) is 34.8. The topological polar surface area (TPSA) is 271 Å². The van der Waals surface area contributed by atoms with Gasteiger partial charge >= 0.3 is 102 Å². The zero-order valence-electron chi connectivity index (χ0n) is 31.1. The fourth-order valence-electron chi connectivity index (χ4n) is 4.46. The number of hydrogen-bond donors (Lipinski definition) is 0. The van der Waals surface area contributed by atoms with Crippen LogP contribution in [0.25, 0.3) is 0 Å². The van der Waals surface area contributed by atoms with Gasteiger partial charge in [-0.1, -0.05) is 60.4 Å². The number of terminal acetylenes is 1. The summed E-state index contributed by atoms with van der Waals surface area (Å²) < 4.78 is 120. The smallest absolute Gasteiger partial charge is 0 e. The van der Waals surface area contributed by atoms with Crippen molar-refractivity contribution in [1.82, 2.24) is 8.61 Å². The minimum Gasteiger partial charge on any atom is 0 e. The number of carbonyl (C=O) groups excluding carboxylic acids is 1. The van der Waals surface area contributed by atoms with Crippen LogP contribution < -0.4 is 0 Å². The number of carbonyl (C=O) groups is 1. The van der Waals surface area contributed by atoms with Crippen molar-refractivity contribution in [1.29, 1.82) is 0 Å². The molecule has 1 aliphatic heterocycles. The standard InChI is InChI=1S/C15H17NO3S.C14H17NO2S.9CO.2Co/c1-11-3-5-14(6-4-11)20(18,19)16-9-12-7-13(17)8-15(12,2)10-16;1-5-10-15(11-12(2)3)18(16,17)14-8-6-13(4)7-9-14;9*1-2;;/h3-7H,8-10H2,1-2H3;1,6-9H,2,10-11H2,3-4H3;;;;;;;;;;;. The molecule has 0 N–H and O–H groups in total. The summed E-state index contributed by atoms with van der Waals surface area (Å²) >= 11 is 0. The molecular weight excluding hydrogens is 890 g/mol. The van der Waals surface area contributed by atoms with Crippen molar-refractivity contribution in [2.24, 2.45) is 5.41 Å². The number of ketones is 1. The fourth-order valence-corrected chi connectivity index (χ4v) is 7.42. The Morgan fingerprint density at radius 2 is 1.09 bits per heavy atom. The van der Waals surface area contributed by atoms with E-state index in [2.05, 4.69) is 72.4 Å². The molecule has 1 heterocycles. The van der Waals surface area contributed by atoms with Crippen LogP contribution in [0.15, 0.2) is 82.1 Å². The molecule has 1 saturated heterocycles. The Hall–Kier alpha value is -4.36. The van der Waals surface area contributed by atoms with Gasteiger partial charge in [0, 0.05) is 65.0 Å². The summed E-state index contributed by atoms with van der Waals surface area (Å²) in [6, 6.07) is 13.6. The van der Waals surface area contributed by atoms with Gasteiger partial charge in [-0.15, -0.1) is 6.42 Å². The molecule has 1 fully saturated rings. The minimum absolute atomic E-state index is 0. The quantitative estimate of drug-likeness (QED) is 0.173. The summed E-state index contributed by atoms with van der Waals surface area (Å²) in [7, 11) is -7.02. The third-order valence-corrected chi connectivity index (χ3v) is 10.2. The van der Waals surface area contributed by atoms with Crippen molar-refractivity contribution in [3.8, 4) is 12.3 Å². The van der Waals surface area contributed by atoms with Gasteiger partial charge in [0.2, 0.25) is 20.0 Å². The number of benzene rings is 2. The van der Waals surface area contributed by atoms with E-state index in [4.69, 9.17) is 48.3 Å². The maximum absolute atomic E-state index is 12.6. The van der Waals surface area contributed by atoms with E-state index in [1.54, 1.807) is 61.5 Å². The zero-order chi connectivity index (χ0) is 46.3. The number of rotatable bonds is 7. The number of allylic oxidation sites excluding steroid dienone is 1. The minimum atomic E-state index is -3.55. The van der Waals surface area contributed by atoms with Gasteiger partial charge in [0.15, 0.2) is 5.78 Å². The summed E-state index contributed by atoms with van der Waals surface area (Å²) in [6.45, 7) is 52.8. The Morgan fingerprint density at radius 1 is 0.741 bits per heavy atom. The van der Waals surface area contributed by atoms with Crippen molar-refractivity contribution in [3.63, 3.8) is 0 Å². The maximum Gasteiger partial charge on any atom is 0 e. The molecule has 0 bridgehead atoms. The van der Waals surface area contributed by atoms with Crippen molar-refractivity contribution < 1.29 is 97.1 Å². The first-order valence-electron chi connectivity index (χ1n) is 14.0. The van der Waals surface area contributed by atoms with Crippen LogP contribution in [0.2, 0.25) is 0 Å². The molecule has 2 aromatic rings. The molecular formula is C38H34Co2N2O14S2. The third kappa shape index (κ3) is 26.5. The molecule has 2 radical (unpaired) electrons. The average Bonchev–Trinajstić information content (AvgIpc) is 3.72. The normalized spacial score (nSPS) is 13.0. The number of aryl methyl sites for hydroxylation is 2. The van der Waals surface area contributed by atoms with E-state index in [1.165, 1.54) is 8.61 Å². The molecule has 2 aromatic carbocycles. The van der Waals surface area contributed by atoms with Crippen molar-refractivity contribution in [2.45, 2.75) is 43.9 Å². The molecule has 20 heteroatoms. The van der Waals surface area contributed by atoms with Gasteiger partial charge in [-0.05, 0) is 56.7 Å². The SMILES string of the molecule is C#CCN(CC(=C)C)S(=O)(=O)c1ccc(C)cc1.Cc1ccc(S(=O)(=O)N2CC3=CC(=O)CC3(C)C2)cc1.[C-]#[O+].[C-]#[O+].[C-]#[O+].[C-]#[O+].[C-]#[O+].[C-]#[O+].[C-]#[O+].[C-]#[O+].[C-]#[O+].[Co].[Co]. The van der Waals surface area contributed by atoms with Gasteiger partial charge in [0.1, 0.15) is 0 Å². The second-order valence-electron chi connectivity index (χ2n) is 10.2. The van der Waals surface area contributed by atoms with E-state index >= 15 is 0 Å². The van der Waals surface area contributed by atoms with Crippen molar-refractivity contribution >= 4 is 25.8 Å². The molecule has 0 aromatic heterocycles. The largest absolute Gasteiger partial charge is 0 e. The molecule has 2 aliphatic rings. The second-order valence-corrected chi connectivity index (χ2v) is 14.1. The molecule has 1 atom stereocenters. The predicted molar refractivity (Wildman–Crippen MR) is 185 cm³/mol. The molecule has 1 aliphatic carbocycles. The first-order valence-corrected chi connectivity index (χ1v) is 16.9. The van der Waals surface area contributed by atoms with Crippen LogP contribution in [0.1, 0.15) is 31.4 Å². The Balaban J connectivity index is -0.0000000833. The van der Waals surface area contributed by atoms with Crippen molar-refractivity contribution in [3.05, 3.63) is 143 Å². The molecule has 4 rings (SSSR count). The number of fused-ring (bicyclic) bond motifs is 1. The molecule has 1 unspecified atom stereocenters. The van der Waals surface area contributed by atoms with E-state index in [0.29, 0.717) is 24.4 Å². The summed E-state index contributed by atoms with van der Waals surface area (Å²) in [6.07, 6.45) is 7.25. The summed E-state index contributed by atoms with van der Waals surface area (Å²) in [4.78, 5) is 12.1. The van der Waals surface area contributed by atoms with Gasteiger partial charge in [-0.3, -0.25) is 4.79 Å². The number of sulfonamides is 2. The number of hydrogen-bond acceptors (Lipinski definition) is 5. The first-order chi connectivity index (χ1) is 26.7. The summed E-state index contributed by atoms with van der Waals surface area (Å²) in [5.41, 5.74) is 3.42. The van der Waals surface area contributed by atoms with E-state index in [9.17, 15) is 21.6 Å². The van der Waals surface area contributed by atoms with Crippen LogP contribution in [-0.2, 0) is 100 Å². The van der Waals surface area contributed by atoms with Gasteiger partial charge in [-0.25, -0.2) is 16.8 Å². The Kier molecular flexibility index (Phi) is 58.3. The maximum atomic E-state index is 12.6. The summed E-state index contributed by atoms with van der Waals surface area (Å²) in [5, 5.41) is 0. The second kappa shape index (κ2) is 45.3. The number of nitrogens with zero attached hydrogens (tertiary/aromatic N) is 2. The molecule has 0 spiro atoms. The first kappa shape index (κ1) is 74.6. The average molecular weight is 925 g/mol. The molecule has 58 heavy (non-hydrogen) atoms. The van der Waals surface area contributed by atoms with Crippen LogP contribution in [0.3, 0.4) is 0 Å². The van der Waals surface area contributed by atoms with E-state index in [-0.39, 0.29) is 62.7 Å². The van der Waals surface area contributed by atoms with Crippen LogP contribution in [-0.4, -0.2) is 57.4 Å². The monoisotopic (exact) mass is 924 g/mol. The van der Waals surface area contributed by atoms with Gasteiger partial charge < -0.3 is 0 Å². The van der Waals surface area contributed by atoms with E-state index in [1.807, 2.05) is 20.8 Å². The Bertz CT molecular complexity index is 1870. The van der Waals surface area contributed by atoms with Crippen molar-refractivity contribution in [2.75, 3.05) is 26.2 Å². The Morgan fingerprint density at radius 3 is 1.40 bits per heavy atom. The predicted octanol–water partition coefficient (Wildman–Crippen LogP) is 3.76. The Labute approximate surface area is 360 Å². The van der Waals surface area contributed by atoms with Crippen LogP contribution in [0.5, 0.6) is 0 Å². The van der Waals surface area contributed by atoms with Gasteiger partial charge in [0.25, 0.3) is 0 Å². The molecule has 0 saturated carbocycles. The van der Waals surface area contributed by atoms with Crippen LogP contribution in [0, 0.1) is 91.5 Å². The third-order valence-electron chi connectivity index (χ3n) is 6.58. The molecule has 310 valence electrons. The van der Waals surface area contributed by atoms with E-state index in [0.717, 1.165) is 22.3 Å².